The lowest BCUT2D eigenvalue weighted by molar-refractivity contribution is -0.118. The van der Waals surface area contributed by atoms with Crippen molar-refractivity contribution in [1.29, 1.82) is 0 Å². The van der Waals surface area contributed by atoms with Gasteiger partial charge in [-0.3, -0.25) is 14.6 Å². The summed E-state index contributed by atoms with van der Waals surface area (Å²) in [5.74, 6) is -0.206. The molecule has 8 heteroatoms. The number of rotatable bonds is 6. The molecule has 1 aromatic heterocycles. The van der Waals surface area contributed by atoms with Crippen LogP contribution >= 0.6 is 23.7 Å². The summed E-state index contributed by atoms with van der Waals surface area (Å²) in [5.41, 5.74) is 0.733. The SMILES string of the molecule is CCCC(=O)N(CCN1CCOCC1)c1nc2ccc(F)cc2s1.Cl. The average molecular weight is 388 g/mol. The van der Waals surface area contributed by atoms with Crippen LogP contribution < -0.4 is 4.90 Å². The molecule has 0 bridgehead atoms. The van der Waals surface area contributed by atoms with E-state index in [0.717, 1.165) is 49.5 Å². The fourth-order valence-electron chi connectivity index (χ4n) is 2.74. The Morgan fingerprint density at radius 2 is 2.16 bits per heavy atom. The van der Waals surface area contributed by atoms with Crippen LogP contribution in [0.1, 0.15) is 19.8 Å². The first-order chi connectivity index (χ1) is 11.7. The van der Waals surface area contributed by atoms with E-state index in [0.29, 0.717) is 18.1 Å². The van der Waals surface area contributed by atoms with Gasteiger partial charge in [0.25, 0.3) is 0 Å². The summed E-state index contributed by atoms with van der Waals surface area (Å²) in [6.45, 7) is 6.64. The minimum atomic E-state index is -0.280. The molecule has 2 heterocycles. The highest BCUT2D eigenvalue weighted by Gasteiger charge is 2.21. The topological polar surface area (TPSA) is 45.7 Å². The number of nitrogens with zero attached hydrogens (tertiary/aromatic N) is 3. The Morgan fingerprint density at radius 3 is 2.88 bits per heavy atom. The number of morpholine rings is 1. The normalized spacial score (nSPS) is 15.1. The molecule has 2 aromatic rings. The second-order valence-corrected chi connectivity index (χ2v) is 6.87. The lowest BCUT2D eigenvalue weighted by atomic mass is 10.3. The third kappa shape index (κ3) is 5.10. The van der Waals surface area contributed by atoms with Gasteiger partial charge in [0.1, 0.15) is 5.82 Å². The summed E-state index contributed by atoms with van der Waals surface area (Å²) in [6, 6.07) is 4.54. The molecule has 1 fully saturated rings. The van der Waals surface area contributed by atoms with Crippen molar-refractivity contribution >= 4 is 45.0 Å². The van der Waals surface area contributed by atoms with Gasteiger partial charge in [0.2, 0.25) is 5.91 Å². The standard InChI is InChI=1S/C17H22FN3O2S.ClH/c1-2-3-16(22)21(7-6-20-8-10-23-11-9-20)17-19-14-5-4-13(18)12-15(14)24-17;/h4-5,12H,2-3,6-11H2,1H3;1H. The highest BCUT2D eigenvalue weighted by molar-refractivity contribution is 7.22. The third-order valence-electron chi connectivity index (χ3n) is 4.08. The van der Waals surface area contributed by atoms with Gasteiger partial charge in [0, 0.05) is 32.6 Å². The van der Waals surface area contributed by atoms with Crippen molar-refractivity contribution in [3.8, 4) is 0 Å². The molecule has 0 saturated carbocycles. The highest BCUT2D eigenvalue weighted by Crippen LogP contribution is 2.29. The van der Waals surface area contributed by atoms with Crippen LogP contribution in [0.25, 0.3) is 10.2 Å². The van der Waals surface area contributed by atoms with Crippen LogP contribution in [0, 0.1) is 5.82 Å². The Balaban J connectivity index is 0.00000225. The van der Waals surface area contributed by atoms with Crippen molar-refractivity contribution in [2.45, 2.75) is 19.8 Å². The van der Waals surface area contributed by atoms with Crippen LogP contribution in [0.15, 0.2) is 18.2 Å². The Labute approximate surface area is 157 Å². The molecule has 5 nitrogen and oxygen atoms in total. The predicted octanol–water partition coefficient (Wildman–Crippen LogP) is 3.32. The van der Waals surface area contributed by atoms with Crippen LogP contribution in [-0.4, -0.2) is 55.2 Å². The van der Waals surface area contributed by atoms with Crippen LogP contribution in [0.2, 0.25) is 0 Å². The largest absolute Gasteiger partial charge is 0.379 e. The summed E-state index contributed by atoms with van der Waals surface area (Å²) in [5, 5.41) is 0.655. The van der Waals surface area contributed by atoms with Gasteiger partial charge in [-0.2, -0.15) is 0 Å². The fraction of sp³-hybridized carbons (Fsp3) is 0.529. The van der Waals surface area contributed by atoms with E-state index >= 15 is 0 Å². The lowest BCUT2D eigenvalue weighted by Crippen LogP contribution is -2.43. The predicted molar refractivity (Wildman–Crippen MR) is 101 cm³/mol. The number of hydrogen-bond donors (Lipinski definition) is 0. The number of halogens is 2. The average Bonchev–Trinajstić information content (AvgIpc) is 2.99. The van der Waals surface area contributed by atoms with E-state index in [2.05, 4.69) is 9.88 Å². The molecule has 1 saturated heterocycles. The number of amides is 1. The molecule has 0 spiro atoms. The molecule has 1 aromatic carbocycles. The number of carbonyl (C=O) groups excluding carboxylic acids is 1. The first-order valence-electron chi connectivity index (χ1n) is 8.34. The number of aromatic nitrogens is 1. The van der Waals surface area contributed by atoms with Gasteiger partial charge in [-0.05, 0) is 24.6 Å². The van der Waals surface area contributed by atoms with Gasteiger partial charge in [-0.1, -0.05) is 18.3 Å². The number of fused-ring (bicyclic) bond motifs is 1. The summed E-state index contributed by atoms with van der Waals surface area (Å²) >= 11 is 1.37. The van der Waals surface area contributed by atoms with Gasteiger partial charge >= 0.3 is 0 Å². The van der Waals surface area contributed by atoms with Gasteiger partial charge < -0.3 is 4.74 Å². The van der Waals surface area contributed by atoms with Crippen molar-refractivity contribution in [1.82, 2.24) is 9.88 Å². The third-order valence-corrected chi connectivity index (χ3v) is 5.12. The van der Waals surface area contributed by atoms with Crippen LogP contribution in [0.4, 0.5) is 9.52 Å². The number of thiazole rings is 1. The zero-order valence-electron chi connectivity index (χ0n) is 14.2. The Hall–Kier alpha value is -1.28. The fourth-order valence-corrected chi connectivity index (χ4v) is 3.78. The maximum atomic E-state index is 13.4. The number of hydrogen-bond acceptors (Lipinski definition) is 5. The highest BCUT2D eigenvalue weighted by atomic mass is 35.5. The lowest BCUT2D eigenvalue weighted by Gasteiger charge is -2.29. The van der Waals surface area contributed by atoms with Crippen molar-refractivity contribution in [3.05, 3.63) is 24.0 Å². The van der Waals surface area contributed by atoms with E-state index in [-0.39, 0.29) is 24.1 Å². The summed E-state index contributed by atoms with van der Waals surface area (Å²) in [4.78, 5) is 21.1. The van der Waals surface area contributed by atoms with E-state index < -0.39 is 0 Å². The molecule has 0 unspecified atom stereocenters. The second kappa shape index (κ2) is 9.43. The van der Waals surface area contributed by atoms with Gasteiger partial charge in [-0.15, -0.1) is 12.4 Å². The molecule has 0 aliphatic carbocycles. The van der Waals surface area contributed by atoms with E-state index in [1.165, 1.54) is 23.5 Å². The van der Waals surface area contributed by atoms with E-state index in [1.54, 1.807) is 11.0 Å². The molecule has 0 atom stereocenters. The molecule has 0 radical (unpaired) electrons. The van der Waals surface area contributed by atoms with Crippen LogP contribution in [-0.2, 0) is 9.53 Å². The summed E-state index contributed by atoms with van der Waals surface area (Å²) < 4.78 is 19.5. The smallest absolute Gasteiger partial charge is 0.228 e. The van der Waals surface area contributed by atoms with Crippen molar-refractivity contribution in [3.63, 3.8) is 0 Å². The Morgan fingerprint density at radius 1 is 1.40 bits per heavy atom. The molecular weight excluding hydrogens is 365 g/mol. The maximum Gasteiger partial charge on any atom is 0.228 e. The van der Waals surface area contributed by atoms with Gasteiger partial charge in [0.15, 0.2) is 5.13 Å². The number of carbonyl (C=O) groups is 1. The number of ether oxygens (including phenoxy) is 1. The monoisotopic (exact) mass is 387 g/mol. The van der Waals surface area contributed by atoms with Crippen LogP contribution in [0.3, 0.4) is 0 Å². The first kappa shape index (κ1) is 20.0. The molecular formula is C17H23ClFN3O2S. The molecule has 1 aliphatic rings. The number of benzene rings is 1. The quantitative estimate of drug-likeness (QED) is 0.762. The molecule has 138 valence electrons. The minimum absolute atomic E-state index is 0. The van der Waals surface area contributed by atoms with Gasteiger partial charge in [-0.25, -0.2) is 9.37 Å². The van der Waals surface area contributed by atoms with Crippen LogP contribution in [0.5, 0.6) is 0 Å². The zero-order chi connectivity index (χ0) is 16.9. The van der Waals surface area contributed by atoms with Gasteiger partial charge in [0.05, 0.1) is 23.4 Å². The van der Waals surface area contributed by atoms with E-state index in [9.17, 15) is 9.18 Å². The molecule has 1 aliphatic heterocycles. The Bertz CT molecular complexity index is 706. The second-order valence-electron chi connectivity index (χ2n) is 5.86. The maximum absolute atomic E-state index is 13.4. The van der Waals surface area contributed by atoms with E-state index in [4.69, 9.17) is 4.74 Å². The Kier molecular flexibility index (Phi) is 7.56. The summed E-state index contributed by atoms with van der Waals surface area (Å²) in [7, 11) is 0. The van der Waals surface area contributed by atoms with Crippen molar-refractivity contribution < 1.29 is 13.9 Å². The molecule has 0 N–H and O–H groups in total. The first-order valence-corrected chi connectivity index (χ1v) is 9.15. The summed E-state index contributed by atoms with van der Waals surface area (Å²) in [6.07, 6.45) is 1.29. The zero-order valence-corrected chi connectivity index (χ0v) is 15.9. The van der Waals surface area contributed by atoms with E-state index in [1.807, 2.05) is 6.92 Å². The molecule has 1 amide bonds. The minimum Gasteiger partial charge on any atom is -0.379 e. The van der Waals surface area contributed by atoms with Crippen molar-refractivity contribution in [2.24, 2.45) is 0 Å². The number of anilines is 1. The van der Waals surface area contributed by atoms with Crippen molar-refractivity contribution in [2.75, 3.05) is 44.3 Å². The molecule has 3 rings (SSSR count). The molecule has 25 heavy (non-hydrogen) atoms.